The predicted octanol–water partition coefficient (Wildman–Crippen LogP) is 5.45. The molecule has 1 aromatic carbocycles. The Labute approximate surface area is 201 Å². The van der Waals surface area contributed by atoms with Gasteiger partial charge in [0.15, 0.2) is 5.65 Å². The third kappa shape index (κ3) is 4.75. The molecular weight excluding hydrogens is 459 g/mol. The van der Waals surface area contributed by atoms with Gasteiger partial charge in [0.1, 0.15) is 18.0 Å². The van der Waals surface area contributed by atoms with Crippen LogP contribution in [0.4, 0.5) is 4.39 Å². The summed E-state index contributed by atoms with van der Waals surface area (Å²) in [5, 5.41) is 9.49. The van der Waals surface area contributed by atoms with E-state index in [2.05, 4.69) is 16.5 Å². The number of ether oxygens (including phenoxy) is 2. The van der Waals surface area contributed by atoms with Crippen molar-refractivity contribution in [2.75, 3.05) is 6.61 Å². The maximum Gasteiger partial charge on any atom is 0.308 e. The second-order valence-electron chi connectivity index (χ2n) is 8.11. The summed E-state index contributed by atoms with van der Waals surface area (Å²) < 4.78 is 27.0. The number of pyridine rings is 1. The molecule has 9 heteroatoms. The van der Waals surface area contributed by atoms with Crippen LogP contribution in [0, 0.1) is 23.1 Å². The number of carbonyl (C=O) groups excluding carboxylic acids is 1. The summed E-state index contributed by atoms with van der Waals surface area (Å²) in [5.74, 6) is -0.845. The Morgan fingerprint density at radius 1 is 1.32 bits per heavy atom. The molecule has 1 fully saturated rings. The van der Waals surface area contributed by atoms with Crippen LogP contribution in [0.15, 0.2) is 36.9 Å². The van der Waals surface area contributed by atoms with Crippen molar-refractivity contribution in [1.29, 1.82) is 5.26 Å². The lowest BCUT2D eigenvalue weighted by atomic mass is 9.87. The molecule has 0 atom stereocenters. The van der Waals surface area contributed by atoms with E-state index >= 15 is 0 Å². The minimum Gasteiger partial charge on any atom is -0.466 e. The Morgan fingerprint density at radius 3 is 2.76 bits per heavy atom. The maximum absolute atomic E-state index is 13.8. The number of fused-ring (bicyclic) bond motifs is 1. The van der Waals surface area contributed by atoms with Gasteiger partial charge in [-0.25, -0.2) is 9.37 Å². The van der Waals surface area contributed by atoms with E-state index < -0.39 is 5.82 Å². The highest BCUT2D eigenvalue weighted by Gasteiger charge is 2.29. The molecule has 0 radical (unpaired) electrons. The SMILES string of the molecule is C=CCn1c(OC2CCC(C(=O)OCC)CC2)nc2nc(-c3ccc(F)c(C#N)c3)c(Cl)cc21. The van der Waals surface area contributed by atoms with Gasteiger partial charge in [-0.1, -0.05) is 17.7 Å². The number of nitrogens with zero attached hydrogens (tertiary/aromatic N) is 4. The topological polar surface area (TPSA) is 90.0 Å². The standard InChI is InChI=1S/C25H24ClFN4O3/c1-3-11-31-21-13-19(26)22(16-7-10-20(27)17(12-16)14-28)29-23(21)30-25(31)34-18-8-5-15(6-9-18)24(32)33-4-2/h3,7,10,12-13,15,18H,1,4-6,8-9,11H2,2H3. The summed E-state index contributed by atoms with van der Waals surface area (Å²) >= 11 is 6.53. The zero-order valence-corrected chi connectivity index (χ0v) is 19.5. The molecule has 0 N–H and O–H groups in total. The number of carbonyl (C=O) groups is 1. The van der Waals surface area contributed by atoms with Crippen molar-refractivity contribution in [1.82, 2.24) is 14.5 Å². The van der Waals surface area contributed by atoms with E-state index in [-0.39, 0.29) is 23.6 Å². The van der Waals surface area contributed by atoms with Crippen LogP contribution in [0.25, 0.3) is 22.4 Å². The highest BCUT2D eigenvalue weighted by Crippen LogP contribution is 2.34. The average molecular weight is 483 g/mol. The van der Waals surface area contributed by atoms with E-state index in [1.54, 1.807) is 19.1 Å². The average Bonchev–Trinajstić information content (AvgIpc) is 3.15. The van der Waals surface area contributed by atoms with E-state index in [9.17, 15) is 9.18 Å². The molecule has 2 heterocycles. The molecule has 0 aliphatic heterocycles. The van der Waals surface area contributed by atoms with Crippen molar-refractivity contribution < 1.29 is 18.7 Å². The molecule has 0 spiro atoms. The first-order valence-corrected chi connectivity index (χ1v) is 11.5. The van der Waals surface area contributed by atoms with Gasteiger partial charge in [-0.05, 0) is 56.9 Å². The van der Waals surface area contributed by atoms with E-state index in [4.69, 9.17) is 26.3 Å². The second-order valence-corrected chi connectivity index (χ2v) is 8.51. The van der Waals surface area contributed by atoms with Gasteiger partial charge in [-0.15, -0.1) is 6.58 Å². The molecule has 2 aromatic heterocycles. The minimum absolute atomic E-state index is 0.0868. The number of nitriles is 1. The third-order valence-corrected chi connectivity index (χ3v) is 6.19. The number of esters is 1. The van der Waals surface area contributed by atoms with Crippen molar-refractivity contribution in [2.45, 2.75) is 45.3 Å². The Bertz CT molecular complexity index is 1280. The summed E-state index contributed by atoms with van der Waals surface area (Å²) in [5.41, 5.74) is 1.92. The second kappa shape index (κ2) is 10.2. The fourth-order valence-corrected chi connectivity index (χ4v) is 4.44. The molecule has 0 bridgehead atoms. The maximum atomic E-state index is 13.8. The summed E-state index contributed by atoms with van der Waals surface area (Å²) in [6, 6.07) is 8.11. The van der Waals surface area contributed by atoms with Crippen molar-refractivity contribution in [3.63, 3.8) is 0 Å². The number of hydrogen-bond donors (Lipinski definition) is 0. The molecule has 1 saturated carbocycles. The van der Waals surface area contributed by atoms with Gasteiger partial charge < -0.3 is 9.47 Å². The number of hydrogen-bond acceptors (Lipinski definition) is 6. The van der Waals surface area contributed by atoms with Gasteiger partial charge in [0.2, 0.25) is 0 Å². The van der Waals surface area contributed by atoms with E-state index in [0.717, 1.165) is 0 Å². The number of allylic oxidation sites excluding steroid dienone is 1. The molecular formula is C25H24ClFN4O3. The largest absolute Gasteiger partial charge is 0.466 e. The Kier molecular flexibility index (Phi) is 7.13. The van der Waals surface area contributed by atoms with Gasteiger partial charge in [-0.3, -0.25) is 9.36 Å². The molecule has 3 aromatic rings. The Morgan fingerprint density at radius 2 is 2.09 bits per heavy atom. The van der Waals surface area contributed by atoms with Crippen molar-refractivity contribution in [2.24, 2.45) is 5.92 Å². The molecule has 0 amide bonds. The zero-order valence-electron chi connectivity index (χ0n) is 18.8. The van der Waals surface area contributed by atoms with Crippen LogP contribution in [0.2, 0.25) is 5.02 Å². The fourth-order valence-electron chi connectivity index (χ4n) is 4.19. The lowest BCUT2D eigenvalue weighted by Gasteiger charge is -2.27. The summed E-state index contributed by atoms with van der Waals surface area (Å²) in [4.78, 5) is 21.2. The number of halogens is 2. The van der Waals surface area contributed by atoms with Crippen LogP contribution < -0.4 is 4.74 Å². The lowest BCUT2D eigenvalue weighted by molar-refractivity contribution is -0.149. The zero-order chi connectivity index (χ0) is 24.2. The summed E-state index contributed by atoms with van der Waals surface area (Å²) in [6.07, 6.45) is 4.47. The van der Waals surface area contributed by atoms with Gasteiger partial charge in [0.25, 0.3) is 6.01 Å². The first-order chi connectivity index (χ1) is 16.4. The molecule has 0 saturated heterocycles. The fraction of sp³-hybridized carbons (Fsp3) is 0.360. The van der Waals surface area contributed by atoms with Gasteiger partial charge >= 0.3 is 5.97 Å². The normalized spacial score (nSPS) is 17.8. The van der Waals surface area contributed by atoms with Gasteiger partial charge in [0.05, 0.1) is 34.3 Å². The van der Waals surface area contributed by atoms with Crippen molar-refractivity contribution in [3.8, 4) is 23.3 Å². The van der Waals surface area contributed by atoms with E-state index in [1.807, 2.05) is 10.6 Å². The molecule has 34 heavy (non-hydrogen) atoms. The smallest absolute Gasteiger partial charge is 0.308 e. The highest BCUT2D eigenvalue weighted by molar-refractivity contribution is 6.33. The van der Waals surface area contributed by atoms with Crippen LogP contribution in [-0.2, 0) is 16.1 Å². The molecule has 4 rings (SSSR count). The summed E-state index contributed by atoms with van der Waals surface area (Å²) in [6.45, 7) is 6.45. The number of aromatic nitrogens is 3. The first kappa shape index (κ1) is 23.7. The van der Waals surface area contributed by atoms with Crippen LogP contribution in [0.5, 0.6) is 6.01 Å². The van der Waals surface area contributed by atoms with Crippen molar-refractivity contribution in [3.05, 3.63) is 53.3 Å². The van der Waals surface area contributed by atoms with Crippen LogP contribution in [0.1, 0.15) is 38.2 Å². The highest BCUT2D eigenvalue weighted by atomic mass is 35.5. The molecule has 7 nitrogen and oxygen atoms in total. The number of rotatable bonds is 7. The molecule has 1 aliphatic carbocycles. The van der Waals surface area contributed by atoms with E-state index in [1.165, 1.54) is 18.2 Å². The monoisotopic (exact) mass is 482 g/mol. The lowest BCUT2D eigenvalue weighted by Crippen LogP contribution is -2.29. The molecule has 176 valence electrons. The van der Waals surface area contributed by atoms with Crippen LogP contribution in [-0.4, -0.2) is 33.2 Å². The third-order valence-electron chi connectivity index (χ3n) is 5.90. The van der Waals surface area contributed by atoms with E-state index in [0.29, 0.717) is 72.3 Å². The Hall–Kier alpha value is -3.44. The molecule has 0 unspecified atom stereocenters. The molecule has 1 aliphatic rings. The first-order valence-electron chi connectivity index (χ1n) is 11.2. The predicted molar refractivity (Wildman–Crippen MR) is 126 cm³/mol. The van der Waals surface area contributed by atoms with Gasteiger partial charge in [-0.2, -0.15) is 10.2 Å². The van der Waals surface area contributed by atoms with Gasteiger partial charge in [0, 0.05) is 12.1 Å². The minimum atomic E-state index is -0.605. The number of benzene rings is 1. The Balaban J connectivity index is 1.62. The van der Waals surface area contributed by atoms with Crippen molar-refractivity contribution >= 4 is 28.7 Å². The van der Waals surface area contributed by atoms with Crippen LogP contribution >= 0.6 is 11.6 Å². The number of imidazole rings is 1. The van der Waals surface area contributed by atoms with Crippen LogP contribution in [0.3, 0.4) is 0 Å². The quantitative estimate of drug-likeness (QED) is 0.328. The summed E-state index contributed by atoms with van der Waals surface area (Å²) in [7, 11) is 0.